The van der Waals surface area contributed by atoms with Gasteiger partial charge in [0, 0.05) is 44.9 Å². The summed E-state index contributed by atoms with van der Waals surface area (Å²) in [5.41, 5.74) is 35.4. The third-order valence-corrected chi connectivity index (χ3v) is 23.9. The summed E-state index contributed by atoms with van der Waals surface area (Å²) in [4.78, 5) is 5.25. The van der Waals surface area contributed by atoms with Crippen molar-refractivity contribution >= 4 is 79.0 Å². The molecule has 4 heteroatoms. The molecule has 0 N–H and O–H groups in total. The van der Waals surface area contributed by atoms with Crippen LogP contribution in [0, 0.1) is 0 Å². The maximum Gasteiger partial charge on any atom is 0.252 e. The molecule has 494 valence electrons. The molecule has 0 saturated heterocycles. The predicted octanol–water partition coefficient (Wildman–Crippen LogP) is 24.5. The van der Waals surface area contributed by atoms with Crippen LogP contribution in [0.5, 0.6) is 0 Å². The molecule has 100 heavy (non-hydrogen) atoms. The van der Waals surface area contributed by atoms with E-state index in [0.717, 1.165) is 28.4 Å². The van der Waals surface area contributed by atoms with E-state index in [1.807, 2.05) is 0 Å². The molecule has 1 aromatic heterocycles. The van der Waals surface area contributed by atoms with Crippen LogP contribution in [0.25, 0.3) is 83.1 Å². The van der Waals surface area contributed by atoms with Crippen LogP contribution in [0.4, 0.5) is 34.1 Å². The molecular formula is C96H92BN3. The van der Waals surface area contributed by atoms with Crippen LogP contribution in [0.2, 0.25) is 0 Å². The zero-order valence-corrected chi connectivity index (χ0v) is 61.0. The number of para-hydroxylation sites is 1. The third kappa shape index (κ3) is 10.5. The summed E-state index contributed by atoms with van der Waals surface area (Å²) in [6.07, 6.45) is 4.73. The summed E-state index contributed by atoms with van der Waals surface area (Å²) < 4.78 is 2.55. The number of hydrogen-bond acceptors (Lipinski definition) is 2. The number of fused-ring (bicyclic) bond motifs is 9. The molecule has 0 radical (unpaired) electrons. The van der Waals surface area contributed by atoms with Crippen molar-refractivity contribution in [2.45, 2.75) is 155 Å². The fourth-order valence-electron chi connectivity index (χ4n) is 17.5. The van der Waals surface area contributed by atoms with Gasteiger partial charge in [-0.15, -0.1) is 0 Å². The Morgan fingerprint density at radius 3 is 1.08 bits per heavy atom. The minimum atomic E-state index is -0.123. The van der Waals surface area contributed by atoms with Crippen molar-refractivity contribution in [2.75, 3.05) is 9.80 Å². The van der Waals surface area contributed by atoms with E-state index in [1.54, 1.807) is 0 Å². The first-order chi connectivity index (χ1) is 47.8. The van der Waals surface area contributed by atoms with Crippen LogP contribution in [0.15, 0.2) is 255 Å². The fourth-order valence-corrected chi connectivity index (χ4v) is 17.5. The molecule has 0 atom stereocenters. The molecule has 3 heterocycles. The monoisotopic (exact) mass is 1300 g/mol. The van der Waals surface area contributed by atoms with Gasteiger partial charge in [-0.05, 0) is 230 Å². The average Bonchev–Trinajstić information content (AvgIpc) is 0.885. The van der Waals surface area contributed by atoms with Crippen molar-refractivity contribution in [2.24, 2.45) is 0 Å². The maximum absolute atomic E-state index is 2.63. The van der Waals surface area contributed by atoms with E-state index in [-0.39, 0.29) is 39.2 Å². The van der Waals surface area contributed by atoms with Gasteiger partial charge in [0.05, 0.1) is 16.7 Å². The largest absolute Gasteiger partial charge is 0.311 e. The van der Waals surface area contributed by atoms with Gasteiger partial charge in [-0.25, -0.2) is 0 Å². The van der Waals surface area contributed by atoms with Gasteiger partial charge in [0.25, 0.3) is 6.71 Å². The average molecular weight is 1300 g/mol. The molecule has 4 aliphatic rings. The second-order valence-electron chi connectivity index (χ2n) is 34.3. The van der Waals surface area contributed by atoms with Gasteiger partial charge in [-0.2, -0.15) is 0 Å². The molecular weight excluding hydrogens is 1210 g/mol. The molecule has 2 aliphatic heterocycles. The summed E-state index contributed by atoms with van der Waals surface area (Å²) in [6, 6.07) is 99.2. The lowest BCUT2D eigenvalue weighted by Gasteiger charge is -2.44. The highest BCUT2D eigenvalue weighted by Gasteiger charge is 2.45. The Labute approximate surface area is 594 Å². The SMILES string of the molecule is CC(C)(C)c1ccc(-c2ccc3c(c2)N(c2ccc(-c4ccc5c(c4)C(C)(C)CCC5(C)C)cc2)c2cc(-n4c5ccccc5c5cc(-c6ccccc6)ccc54)cc4c2B3c2ccc(-c3ccc(C(C)(C)C)cc3)cc2N4c2ccc(-c3ccc4c(c3)C(C)(C)CCC4(C)C)cc2)cc1. The Hall–Kier alpha value is -9.90. The van der Waals surface area contributed by atoms with Gasteiger partial charge in [-0.3, -0.25) is 0 Å². The van der Waals surface area contributed by atoms with Gasteiger partial charge in [0.15, 0.2) is 0 Å². The van der Waals surface area contributed by atoms with Crippen molar-refractivity contribution < 1.29 is 0 Å². The van der Waals surface area contributed by atoms with Crippen molar-refractivity contribution in [3.05, 3.63) is 288 Å². The van der Waals surface area contributed by atoms with E-state index >= 15 is 0 Å². The smallest absolute Gasteiger partial charge is 0.252 e. The first-order valence-electron chi connectivity index (χ1n) is 36.7. The van der Waals surface area contributed by atoms with Crippen molar-refractivity contribution in [3.8, 4) is 61.3 Å². The summed E-state index contributed by atoms with van der Waals surface area (Å²) in [5.74, 6) is 0. The zero-order chi connectivity index (χ0) is 69.2. The maximum atomic E-state index is 2.63. The first-order valence-corrected chi connectivity index (χ1v) is 36.7. The zero-order valence-electron chi connectivity index (χ0n) is 61.0. The summed E-state index contributed by atoms with van der Waals surface area (Å²) >= 11 is 0. The highest BCUT2D eigenvalue weighted by atomic mass is 15.2. The van der Waals surface area contributed by atoms with Gasteiger partial charge in [0.1, 0.15) is 0 Å². The molecule has 0 unspecified atom stereocenters. The summed E-state index contributed by atoms with van der Waals surface area (Å²) in [6.45, 7) is 33.2. The van der Waals surface area contributed by atoms with E-state index in [2.05, 4.69) is 366 Å². The molecule has 0 fully saturated rings. The Morgan fingerprint density at radius 1 is 0.280 bits per heavy atom. The molecule has 12 aromatic carbocycles. The second kappa shape index (κ2) is 22.8. The number of benzene rings is 12. The molecule has 0 bridgehead atoms. The molecule has 0 amide bonds. The summed E-state index contributed by atoms with van der Waals surface area (Å²) in [5, 5.41) is 2.45. The van der Waals surface area contributed by atoms with Crippen molar-refractivity contribution in [3.63, 3.8) is 0 Å². The number of aromatic nitrogens is 1. The first kappa shape index (κ1) is 63.5. The van der Waals surface area contributed by atoms with Crippen LogP contribution < -0.4 is 26.2 Å². The van der Waals surface area contributed by atoms with Crippen molar-refractivity contribution in [1.29, 1.82) is 0 Å². The lowest BCUT2D eigenvalue weighted by atomic mass is 9.33. The quantitative estimate of drug-likeness (QED) is 0.141. The minimum Gasteiger partial charge on any atom is -0.311 e. The van der Waals surface area contributed by atoms with Gasteiger partial charge < -0.3 is 14.4 Å². The van der Waals surface area contributed by atoms with E-state index in [9.17, 15) is 0 Å². The van der Waals surface area contributed by atoms with E-state index in [0.29, 0.717) is 0 Å². The highest BCUT2D eigenvalue weighted by molar-refractivity contribution is 7.00. The van der Waals surface area contributed by atoms with Crippen LogP contribution in [0.1, 0.15) is 156 Å². The Bertz CT molecular complexity index is 5160. The highest BCUT2D eigenvalue weighted by Crippen LogP contribution is 2.52. The Balaban J connectivity index is 0.932. The third-order valence-electron chi connectivity index (χ3n) is 23.9. The second-order valence-corrected chi connectivity index (χ2v) is 34.3. The number of nitrogens with zero attached hydrogens (tertiary/aromatic N) is 3. The topological polar surface area (TPSA) is 11.4 Å². The molecule has 17 rings (SSSR count). The lowest BCUT2D eigenvalue weighted by molar-refractivity contribution is 0.332. The number of anilines is 6. The normalized spacial score (nSPS) is 16.2. The standard InChI is InChI=1S/C96H92BN3/c1-91(2,3)71-37-24-62(25-38-71)69-34-47-82-86(57-69)98(73-41-28-64(29-42-73)67-32-45-78-80(55-67)95(11,12)52-50-93(78,7)8)88-59-75(100-84-23-19-18-22-76(84)77-54-66(36-49-85(77)100)61-20-16-15-17-21-61)60-89-90(88)97(82)83-48-35-70(63-26-39-72(40-27-63)92(4,5)6)58-87(83)99(89)74-43-30-65(31-44-74)68-33-46-79-81(56-68)96(13,14)53-51-94(79,9)10/h15-49,54-60H,50-53H2,1-14H3. The molecule has 2 aliphatic carbocycles. The van der Waals surface area contributed by atoms with Gasteiger partial charge in [0.2, 0.25) is 0 Å². The van der Waals surface area contributed by atoms with Crippen molar-refractivity contribution in [1.82, 2.24) is 4.57 Å². The van der Waals surface area contributed by atoms with Crippen LogP contribution in [-0.4, -0.2) is 11.3 Å². The molecule has 0 saturated carbocycles. The molecule has 0 spiro atoms. The molecule has 13 aromatic rings. The van der Waals surface area contributed by atoms with E-state index in [4.69, 9.17) is 0 Å². The molecule has 3 nitrogen and oxygen atoms in total. The van der Waals surface area contributed by atoms with E-state index < -0.39 is 0 Å². The Kier molecular flexibility index (Phi) is 14.5. The fraction of sp³-hybridized carbons (Fsp3) is 0.250. The number of rotatable bonds is 8. The Morgan fingerprint density at radius 2 is 0.630 bits per heavy atom. The predicted molar refractivity (Wildman–Crippen MR) is 430 cm³/mol. The minimum absolute atomic E-state index is 0.0273. The van der Waals surface area contributed by atoms with E-state index in [1.165, 1.54) is 164 Å². The number of hydrogen-bond donors (Lipinski definition) is 0. The summed E-state index contributed by atoms with van der Waals surface area (Å²) in [7, 11) is 0. The van der Waals surface area contributed by atoms with Gasteiger partial charge in [-0.1, -0.05) is 285 Å². The lowest BCUT2D eigenvalue weighted by Crippen LogP contribution is -2.61. The van der Waals surface area contributed by atoms with Crippen LogP contribution in [-0.2, 0) is 32.5 Å². The van der Waals surface area contributed by atoms with Crippen LogP contribution in [0.3, 0.4) is 0 Å². The van der Waals surface area contributed by atoms with Crippen LogP contribution >= 0.6 is 0 Å². The van der Waals surface area contributed by atoms with Gasteiger partial charge >= 0.3 is 0 Å².